The van der Waals surface area contributed by atoms with Gasteiger partial charge in [0.2, 0.25) is 5.91 Å². The fourth-order valence-electron chi connectivity index (χ4n) is 2.65. The van der Waals surface area contributed by atoms with E-state index in [4.69, 9.17) is 4.74 Å². The van der Waals surface area contributed by atoms with Gasteiger partial charge in [-0.05, 0) is 24.3 Å². The lowest BCUT2D eigenvalue weighted by Crippen LogP contribution is -2.28. The van der Waals surface area contributed by atoms with Gasteiger partial charge in [-0.3, -0.25) is 4.79 Å². The minimum atomic E-state index is -0.0424. The second kappa shape index (κ2) is 7.83. The highest BCUT2D eigenvalue weighted by Gasteiger charge is 2.13. The van der Waals surface area contributed by atoms with E-state index >= 15 is 0 Å². The number of nitrogens with one attached hydrogen (secondary N) is 1. The second-order valence-corrected chi connectivity index (χ2v) is 6.20. The lowest BCUT2D eigenvalue weighted by molar-refractivity contribution is -0.124. The van der Waals surface area contributed by atoms with Crippen molar-refractivity contribution in [2.75, 3.05) is 6.61 Å². The molecule has 2 aromatic carbocycles. The van der Waals surface area contributed by atoms with E-state index in [1.165, 1.54) is 0 Å². The van der Waals surface area contributed by atoms with Crippen molar-refractivity contribution < 1.29 is 9.53 Å². The van der Waals surface area contributed by atoms with E-state index in [1.807, 2.05) is 68.4 Å². The minimum absolute atomic E-state index is 0.0270. The first kappa shape index (κ1) is 17.0. The number of hydrogen-bond acceptors (Lipinski definition) is 3. The summed E-state index contributed by atoms with van der Waals surface area (Å²) in [5, 5.41) is 2.94. The van der Waals surface area contributed by atoms with Crippen molar-refractivity contribution >= 4 is 16.9 Å². The zero-order chi connectivity index (χ0) is 17.6. The van der Waals surface area contributed by atoms with Gasteiger partial charge < -0.3 is 14.6 Å². The molecule has 5 nitrogen and oxygen atoms in total. The molecule has 3 rings (SSSR count). The van der Waals surface area contributed by atoms with Gasteiger partial charge in [0.05, 0.1) is 24.1 Å². The highest BCUT2D eigenvalue weighted by atomic mass is 16.5. The van der Waals surface area contributed by atoms with E-state index in [0.717, 1.165) is 22.6 Å². The average Bonchev–Trinajstić information content (AvgIpc) is 2.98. The van der Waals surface area contributed by atoms with Crippen molar-refractivity contribution in [3.8, 4) is 5.75 Å². The number of hydrogen-bond donors (Lipinski definition) is 1. The number of carbonyl (C=O) groups is 1. The molecule has 0 saturated heterocycles. The van der Waals surface area contributed by atoms with Gasteiger partial charge in [0.1, 0.15) is 18.2 Å². The third-order valence-corrected chi connectivity index (χ3v) is 4.01. The summed E-state index contributed by atoms with van der Waals surface area (Å²) in [6.07, 6.45) is 0. The first-order valence-electron chi connectivity index (χ1n) is 8.55. The Bertz CT molecular complexity index is 841. The number of rotatable bonds is 7. The smallest absolute Gasteiger partial charge is 0.222 e. The summed E-state index contributed by atoms with van der Waals surface area (Å²) in [5.74, 6) is 1.67. The van der Waals surface area contributed by atoms with E-state index in [-0.39, 0.29) is 11.8 Å². The number of fused-ring (bicyclic) bond motifs is 1. The molecule has 0 unspecified atom stereocenters. The largest absolute Gasteiger partial charge is 0.492 e. The highest BCUT2D eigenvalue weighted by Crippen LogP contribution is 2.17. The van der Waals surface area contributed by atoms with Gasteiger partial charge in [0, 0.05) is 5.92 Å². The summed E-state index contributed by atoms with van der Waals surface area (Å²) in [6, 6.07) is 17.7. The molecule has 0 fully saturated rings. The number of imidazole rings is 1. The van der Waals surface area contributed by atoms with Crippen LogP contribution in [0.4, 0.5) is 0 Å². The van der Waals surface area contributed by atoms with Crippen LogP contribution in [0.25, 0.3) is 11.0 Å². The van der Waals surface area contributed by atoms with Crippen LogP contribution in [0, 0.1) is 5.92 Å². The zero-order valence-corrected chi connectivity index (χ0v) is 14.6. The maximum atomic E-state index is 11.9. The molecular weight excluding hydrogens is 314 g/mol. The molecule has 0 aliphatic carbocycles. The van der Waals surface area contributed by atoms with Crippen LogP contribution >= 0.6 is 0 Å². The van der Waals surface area contributed by atoms with Crippen LogP contribution in [0.2, 0.25) is 0 Å². The van der Waals surface area contributed by atoms with Crippen molar-refractivity contribution in [3.05, 3.63) is 60.4 Å². The monoisotopic (exact) mass is 337 g/mol. The second-order valence-electron chi connectivity index (χ2n) is 6.20. The molecule has 1 N–H and O–H groups in total. The molecule has 0 atom stereocenters. The lowest BCUT2D eigenvalue weighted by atomic mass is 10.2. The molecule has 0 aliphatic rings. The summed E-state index contributed by atoms with van der Waals surface area (Å²) in [5.41, 5.74) is 1.98. The zero-order valence-electron chi connectivity index (χ0n) is 14.6. The quantitative estimate of drug-likeness (QED) is 0.719. The highest BCUT2D eigenvalue weighted by molar-refractivity contribution is 5.78. The van der Waals surface area contributed by atoms with Crippen LogP contribution in [-0.2, 0) is 17.9 Å². The molecule has 3 aromatic rings. The first-order chi connectivity index (χ1) is 12.1. The molecule has 0 saturated carbocycles. The number of amides is 1. The molecule has 0 spiro atoms. The third kappa shape index (κ3) is 4.18. The maximum absolute atomic E-state index is 11.9. The summed E-state index contributed by atoms with van der Waals surface area (Å²) in [6.45, 7) is 5.38. The number of ether oxygens (including phenoxy) is 1. The molecule has 0 bridgehead atoms. The van der Waals surface area contributed by atoms with Crippen molar-refractivity contribution in [2.45, 2.75) is 26.9 Å². The Morgan fingerprint density at radius 3 is 2.60 bits per heavy atom. The molecule has 130 valence electrons. The molecule has 5 heteroatoms. The van der Waals surface area contributed by atoms with Crippen LogP contribution in [-0.4, -0.2) is 22.1 Å². The Morgan fingerprint density at radius 1 is 1.12 bits per heavy atom. The molecule has 1 heterocycles. The average molecular weight is 337 g/mol. The normalized spacial score (nSPS) is 11.0. The number of benzene rings is 2. The summed E-state index contributed by atoms with van der Waals surface area (Å²) >= 11 is 0. The number of nitrogens with zero attached hydrogens (tertiary/aromatic N) is 2. The fourth-order valence-corrected chi connectivity index (χ4v) is 2.65. The fraction of sp³-hybridized carbons (Fsp3) is 0.300. The van der Waals surface area contributed by atoms with E-state index in [9.17, 15) is 4.79 Å². The summed E-state index contributed by atoms with van der Waals surface area (Å²) < 4.78 is 7.92. The third-order valence-electron chi connectivity index (χ3n) is 4.01. The van der Waals surface area contributed by atoms with Gasteiger partial charge in [-0.1, -0.05) is 44.2 Å². The van der Waals surface area contributed by atoms with Gasteiger partial charge in [0.25, 0.3) is 0 Å². The molecule has 1 aromatic heterocycles. The van der Waals surface area contributed by atoms with Gasteiger partial charge in [-0.15, -0.1) is 0 Å². The Hall–Kier alpha value is -2.82. The summed E-state index contributed by atoms with van der Waals surface area (Å²) in [4.78, 5) is 16.5. The number of aromatic nitrogens is 2. The molecule has 0 radical (unpaired) electrons. The summed E-state index contributed by atoms with van der Waals surface area (Å²) in [7, 11) is 0. The van der Waals surface area contributed by atoms with Crippen LogP contribution in [0.3, 0.4) is 0 Å². The Kier molecular flexibility index (Phi) is 5.33. The Balaban J connectivity index is 1.74. The molecule has 25 heavy (non-hydrogen) atoms. The maximum Gasteiger partial charge on any atom is 0.222 e. The van der Waals surface area contributed by atoms with Gasteiger partial charge in [0.15, 0.2) is 0 Å². The van der Waals surface area contributed by atoms with Gasteiger partial charge in [-0.25, -0.2) is 4.98 Å². The van der Waals surface area contributed by atoms with Crippen molar-refractivity contribution in [1.29, 1.82) is 0 Å². The Labute approximate surface area is 147 Å². The van der Waals surface area contributed by atoms with E-state index in [1.54, 1.807) is 0 Å². The standard InChI is InChI=1S/C20H23N3O2/c1-15(2)20(24)21-14-19-22-17-10-6-7-11-18(17)23(19)12-13-25-16-8-4-3-5-9-16/h3-11,15H,12-14H2,1-2H3,(H,21,24). The van der Waals surface area contributed by atoms with E-state index in [0.29, 0.717) is 19.7 Å². The lowest BCUT2D eigenvalue weighted by Gasteiger charge is -2.12. The predicted molar refractivity (Wildman–Crippen MR) is 98.4 cm³/mol. The van der Waals surface area contributed by atoms with Crippen LogP contribution in [0.15, 0.2) is 54.6 Å². The van der Waals surface area contributed by atoms with Crippen LogP contribution in [0.5, 0.6) is 5.75 Å². The van der Waals surface area contributed by atoms with E-state index in [2.05, 4.69) is 14.9 Å². The topological polar surface area (TPSA) is 56.2 Å². The van der Waals surface area contributed by atoms with Crippen LogP contribution < -0.4 is 10.1 Å². The number of carbonyl (C=O) groups excluding carboxylic acids is 1. The minimum Gasteiger partial charge on any atom is -0.492 e. The first-order valence-corrected chi connectivity index (χ1v) is 8.55. The Morgan fingerprint density at radius 2 is 1.84 bits per heavy atom. The SMILES string of the molecule is CC(C)C(=O)NCc1nc2ccccc2n1CCOc1ccccc1. The van der Waals surface area contributed by atoms with Crippen LogP contribution in [0.1, 0.15) is 19.7 Å². The number of para-hydroxylation sites is 3. The van der Waals surface area contributed by atoms with Gasteiger partial charge >= 0.3 is 0 Å². The van der Waals surface area contributed by atoms with E-state index < -0.39 is 0 Å². The molecule has 1 amide bonds. The van der Waals surface area contributed by atoms with Crippen molar-refractivity contribution in [1.82, 2.24) is 14.9 Å². The van der Waals surface area contributed by atoms with Gasteiger partial charge in [-0.2, -0.15) is 0 Å². The molecular formula is C20H23N3O2. The predicted octanol–water partition coefficient (Wildman–Crippen LogP) is 3.39. The van der Waals surface area contributed by atoms with Crippen molar-refractivity contribution in [2.24, 2.45) is 5.92 Å². The van der Waals surface area contributed by atoms with Crippen molar-refractivity contribution in [3.63, 3.8) is 0 Å². The molecule has 0 aliphatic heterocycles.